The maximum atomic E-state index is 10.1. The van der Waals surface area contributed by atoms with Crippen LogP contribution in [0.4, 0.5) is 0 Å². The second kappa shape index (κ2) is 4.04. The lowest BCUT2D eigenvalue weighted by Gasteiger charge is -2.08. The predicted molar refractivity (Wildman–Crippen MR) is 58.1 cm³/mol. The minimum absolute atomic E-state index is 0.633. The van der Waals surface area contributed by atoms with Crippen LogP contribution >= 0.6 is 11.3 Å². The van der Waals surface area contributed by atoms with E-state index in [0.29, 0.717) is 0 Å². The van der Waals surface area contributed by atoms with E-state index in [1.807, 2.05) is 18.5 Å². The molecule has 0 aliphatic heterocycles. The van der Waals surface area contributed by atoms with Gasteiger partial charge < -0.3 is 9.84 Å². The molecule has 0 fully saturated rings. The second-order valence-electron chi connectivity index (χ2n) is 3.17. The third-order valence-corrected chi connectivity index (χ3v) is 3.20. The van der Waals surface area contributed by atoms with Gasteiger partial charge in [-0.05, 0) is 12.1 Å². The Hall–Kier alpha value is -1.33. The molecule has 0 aliphatic carbocycles. The molecule has 4 nitrogen and oxygen atoms in total. The summed E-state index contributed by atoms with van der Waals surface area (Å²) in [5.74, 6) is 0.774. The summed E-state index contributed by atoms with van der Waals surface area (Å²) in [5, 5.41) is 16.0. The quantitative estimate of drug-likeness (QED) is 0.861. The van der Waals surface area contributed by atoms with Crippen molar-refractivity contribution in [3.63, 3.8) is 0 Å². The molecule has 0 saturated heterocycles. The molecule has 0 radical (unpaired) electrons. The summed E-state index contributed by atoms with van der Waals surface area (Å²) in [6, 6.07) is 3.64. The zero-order valence-corrected chi connectivity index (χ0v) is 9.36. The van der Waals surface area contributed by atoms with Crippen LogP contribution in [0.25, 0.3) is 0 Å². The number of rotatable bonds is 3. The average molecular weight is 224 g/mol. The normalized spacial score (nSPS) is 12.7. The van der Waals surface area contributed by atoms with E-state index in [4.69, 9.17) is 4.74 Å². The largest absolute Gasteiger partial charge is 0.496 e. The number of methoxy groups -OCH3 is 1. The lowest BCUT2D eigenvalue weighted by atomic mass is 10.2. The van der Waals surface area contributed by atoms with Crippen molar-refractivity contribution in [1.82, 2.24) is 9.78 Å². The van der Waals surface area contributed by atoms with Gasteiger partial charge in [0, 0.05) is 23.5 Å². The molecule has 80 valence electrons. The number of ether oxygens (including phenoxy) is 1. The maximum Gasteiger partial charge on any atom is 0.130 e. The van der Waals surface area contributed by atoms with Crippen LogP contribution in [0.1, 0.15) is 16.7 Å². The molecule has 0 aliphatic rings. The van der Waals surface area contributed by atoms with Crippen molar-refractivity contribution < 1.29 is 9.84 Å². The molecule has 2 heterocycles. The Kier molecular flexibility index (Phi) is 2.75. The fourth-order valence-corrected chi connectivity index (χ4v) is 2.23. The summed E-state index contributed by atoms with van der Waals surface area (Å²) in [7, 11) is 3.42. The van der Waals surface area contributed by atoms with E-state index >= 15 is 0 Å². The Morgan fingerprint density at radius 1 is 1.60 bits per heavy atom. The maximum absolute atomic E-state index is 10.1. The van der Waals surface area contributed by atoms with Gasteiger partial charge in [-0.2, -0.15) is 5.10 Å². The van der Waals surface area contributed by atoms with Crippen molar-refractivity contribution in [2.75, 3.05) is 7.11 Å². The minimum atomic E-state index is -0.633. The summed E-state index contributed by atoms with van der Waals surface area (Å²) in [6.45, 7) is 0. The van der Waals surface area contributed by atoms with Crippen molar-refractivity contribution in [1.29, 1.82) is 0 Å². The van der Waals surface area contributed by atoms with Crippen LogP contribution in [0.3, 0.4) is 0 Å². The van der Waals surface area contributed by atoms with Gasteiger partial charge in [-0.15, -0.1) is 11.3 Å². The van der Waals surface area contributed by atoms with Gasteiger partial charge in [0.1, 0.15) is 11.9 Å². The summed E-state index contributed by atoms with van der Waals surface area (Å²) < 4.78 is 6.73. The van der Waals surface area contributed by atoms with Crippen molar-refractivity contribution in [2.45, 2.75) is 6.10 Å². The Bertz CT molecular complexity index is 450. The molecule has 0 saturated carbocycles. The zero-order valence-electron chi connectivity index (χ0n) is 8.54. The lowest BCUT2D eigenvalue weighted by Crippen LogP contribution is -2.04. The van der Waals surface area contributed by atoms with Crippen LogP contribution in [-0.4, -0.2) is 22.0 Å². The number of aryl methyl sites for hydroxylation is 1. The van der Waals surface area contributed by atoms with Crippen molar-refractivity contribution in [3.05, 3.63) is 34.3 Å². The van der Waals surface area contributed by atoms with Crippen molar-refractivity contribution in [3.8, 4) is 5.75 Å². The van der Waals surface area contributed by atoms with E-state index in [9.17, 15) is 5.11 Å². The SMILES string of the molecule is COc1csc(C(O)c2ccnn2C)c1. The molecule has 5 heteroatoms. The van der Waals surface area contributed by atoms with Crippen molar-refractivity contribution >= 4 is 11.3 Å². The number of hydrogen-bond donors (Lipinski definition) is 1. The molecule has 1 atom stereocenters. The highest BCUT2D eigenvalue weighted by atomic mass is 32.1. The molecule has 0 amide bonds. The number of hydrogen-bond acceptors (Lipinski definition) is 4. The van der Waals surface area contributed by atoms with Crippen LogP contribution in [0.15, 0.2) is 23.7 Å². The van der Waals surface area contributed by atoms with E-state index in [-0.39, 0.29) is 0 Å². The standard InChI is InChI=1S/C10H12N2O2S/c1-12-8(3-4-11-12)10(13)9-5-7(14-2)6-15-9/h3-6,10,13H,1-2H3. The van der Waals surface area contributed by atoms with E-state index in [1.54, 1.807) is 24.1 Å². The second-order valence-corrected chi connectivity index (χ2v) is 4.11. The van der Waals surface area contributed by atoms with Gasteiger partial charge in [-0.3, -0.25) is 4.68 Å². The first-order valence-corrected chi connectivity index (χ1v) is 5.38. The zero-order chi connectivity index (χ0) is 10.8. The van der Waals surface area contributed by atoms with Gasteiger partial charge in [0.05, 0.1) is 12.8 Å². The van der Waals surface area contributed by atoms with E-state index in [1.165, 1.54) is 11.3 Å². The first-order chi connectivity index (χ1) is 7.22. The molecule has 2 aromatic rings. The topological polar surface area (TPSA) is 47.3 Å². The van der Waals surface area contributed by atoms with E-state index < -0.39 is 6.10 Å². The number of thiophene rings is 1. The first-order valence-electron chi connectivity index (χ1n) is 4.50. The van der Waals surface area contributed by atoms with Crippen LogP contribution in [0.2, 0.25) is 0 Å². The summed E-state index contributed by atoms with van der Waals surface area (Å²) in [6.07, 6.45) is 1.04. The first kappa shape index (κ1) is 10.2. The summed E-state index contributed by atoms with van der Waals surface area (Å²) >= 11 is 1.47. The number of aliphatic hydroxyl groups excluding tert-OH is 1. The summed E-state index contributed by atoms with van der Waals surface area (Å²) in [5.41, 5.74) is 0.777. The van der Waals surface area contributed by atoms with Gasteiger partial charge in [0.25, 0.3) is 0 Å². The highest BCUT2D eigenvalue weighted by Crippen LogP contribution is 2.30. The van der Waals surface area contributed by atoms with Crippen molar-refractivity contribution in [2.24, 2.45) is 7.05 Å². The van der Waals surface area contributed by atoms with Gasteiger partial charge in [0.2, 0.25) is 0 Å². The highest BCUT2D eigenvalue weighted by Gasteiger charge is 2.16. The Labute approximate surface area is 91.7 Å². The lowest BCUT2D eigenvalue weighted by molar-refractivity contribution is 0.213. The monoisotopic (exact) mass is 224 g/mol. The fraction of sp³-hybridized carbons (Fsp3) is 0.300. The molecule has 0 bridgehead atoms. The van der Waals surface area contributed by atoms with Crippen LogP contribution in [0.5, 0.6) is 5.75 Å². The smallest absolute Gasteiger partial charge is 0.130 e. The minimum Gasteiger partial charge on any atom is -0.496 e. The molecule has 15 heavy (non-hydrogen) atoms. The van der Waals surface area contributed by atoms with Crippen LogP contribution in [0, 0.1) is 0 Å². The third-order valence-electron chi connectivity index (χ3n) is 2.24. The molecule has 0 spiro atoms. The molecule has 2 rings (SSSR count). The number of nitrogens with zero attached hydrogens (tertiary/aromatic N) is 2. The fourth-order valence-electron chi connectivity index (χ4n) is 1.38. The molecule has 1 unspecified atom stereocenters. The number of aliphatic hydroxyl groups is 1. The average Bonchev–Trinajstić information content (AvgIpc) is 2.84. The van der Waals surface area contributed by atoms with Gasteiger partial charge in [-0.1, -0.05) is 0 Å². The highest BCUT2D eigenvalue weighted by molar-refractivity contribution is 7.10. The van der Waals surface area contributed by atoms with Gasteiger partial charge in [0.15, 0.2) is 0 Å². The van der Waals surface area contributed by atoms with E-state index in [2.05, 4.69) is 5.10 Å². The Balaban J connectivity index is 2.28. The molecular weight excluding hydrogens is 212 g/mol. The Morgan fingerprint density at radius 3 is 2.93 bits per heavy atom. The Morgan fingerprint density at radius 2 is 2.40 bits per heavy atom. The summed E-state index contributed by atoms with van der Waals surface area (Å²) in [4.78, 5) is 0.857. The van der Waals surface area contributed by atoms with E-state index in [0.717, 1.165) is 16.3 Å². The predicted octanol–water partition coefficient (Wildman–Crippen LogP) is 1.57. The molecule has 2 aromatic heterocycles. The van der Waals surface area contributed by atoms with Gasteiger partial charge in [-0.25, -0.2) is 0 Å². The van der Waals surface area contributed by atoms with Gasteiger partial charge >= 0.3 is 0 Å². The number of aromatic nitrogens is 2. The van der Waals surface area contributed by atoms with Crippen LogP contribution in [-0.2, 0) is 7.05 Å². The molecular formula is C10H12N2O2S. The molecule has 1 N–H and O–H groups in total. The van der Waals surface area contributed by atoms with Crippen LogP contribution < -0.4 is 4.74 Å². The third kappa shape index (κ3) is 1.88. The molecule has 0 aromatic carbocycles.